The van der Waals surface area contributed by atoms with E-state index in [1.54, 1.807) is 18.2 Å². The molecule has 26 heavy (non-hydrogen) atoms. The third kappa shape index (κ3) is 3.42. The van der Waals surface area contributed by atoms with Crippen molar-refractivity contribution in [2.24, 2.45) is 0 Å². The number of ether oxygens (including phenoxy) is 3. The molecule has 0 aromatic heterocycles. The van der Waals surface area contributed by atoms with E-state index in [0.29, 0.717) is 17.2 Å². The van der Waals surface area contributed by atoms with Crippen LogP contribution in [-0.4, -0.2) is 19.3 Å². The zero-order chi connectivity index (χ0) is 17.9. The van der Waals surface area contributed by atoms with Crippen molar-refractivity contribution in [1.29, 1.82) is 0 Å². The molecule has 0 saturated carbocycles. The largest absolute Gasteiger partial charge is 0.484 e. The van der Waals surface area contributed by atoms with Crippen molar-refractivity contribution in [2.45, 2.75) is 13.0 Å². The fourth-order valence-electron chi connectivity index (χ4n) is 2.96. The van der Waals surface area contributed by atoms with Gasteiger partial charge in [0, 0.05) is 6.07 Å². The quantitative estimate of drug-likeness (QED) is 0.761. The molecule has 3 aromatic carbocycles. The number of fused-ring (bicyclic) bond motifs is 2. The molecule has 4 rings (SSSR count). The van der Waals surface area contributed by atoms with Crippen LogP contribution in [0.2, 0.25) is 0 Å². The first-order valence-electron chi connectivity index (χ1n) is 8.49. The molecule has 0 fully saturated rings. The van der Waals surface area contributed by atoms with Crippen LogP contribution in [0.4, 0.5) is 0 Å². The Balaban J connectivity index is 1.36. The van der Waals surface area contributed by atoms with Gasteiger partial charge in [-0.2, -0.15) is 0 Å². The molecule has 0 radical (unpaired) electrons. The van der Waals surface area contributed by atoms with Crippen LogP contribution in [0.25, 0.3) is 10.8 Å². The number of rotatable bonds is 5. The van der Waals surface area contributed by atoms with Gasteiger partial charge in [-0.1, -0.05) is 36.4 Å². The van der Waals surface area contributed by atoms with Crippen molar-refractivity contribution in [2.75, 3.05) is 13.4 Å². The molecule has 1 aliphatic heterocycles. The number of nitrogens with one attached hydrogen (secondary N) is 1. The van der Waals surface area contributed by atoms with Crippen molar-refractivity contribution >= 4 is 16.7 Å². The average molecular weight is 349 g/mol. The second-order valence-electron chi connectivity index (χ2n) is 6.20. The molecule has 0 unspecified atom stereocenters. The van der Waals surface area contributed by atoms with Crippen molar-refractivity contribution in [1.82, 2.24) is 5.32 Å². The average Bonchev–Trinajstić information content (AvgIpc) is 3.13. The SMILES string of the molecule is C[C@@H](NC(=O)COc1ccc2c(c1)OCO2)c1ccc2ccccc2c1. The van der Waals surface area contributed by atoms with Crippen LogP contribution in [0.1, 0.15) is 18.5 Å². The van der Waals surface area contributed by atoms with Gasteiger partial charge in [-0.15, -0.1) is 0 Å². The highest BCUT2D eigenvalue weighted by molar-refractivity contribution is 5.83. The Bertz CT molecular complexity index is 954. The first-order valence-corrected chi connectivity index (χ1v) is 8.49. The van der Waals surface area contributed by atoms with Gasteiger partial charge in [0.2, 0.25) is 6.79 Å². The molecular weight excluding hydrogens is 330 g/mol. The minimum absolute atomic E-state index is 0.0580. The van der Waals surface area contributed by atoms with Gasteiger partial charge in [0.05, 0.1) is 6.04 Å². The van der Waals surface area contributed by atoms with Crippen LogP contribution in [0.3, 0.4) is 0 Å². The first kappa shape index (κ1) is 16.3. The highest BCUT2D eigenvalue weighted by Crippen LogP contribution is 2.35. The summed E-state index contributed by atoms with van der Waals surface area (Å²) in [6, 6.07) is 19.5. The highest BCUT2D eigenvalue weighted by Gasteiger charge is 2.15. The second kappa shape index (κ2) is 6.96. The van der Waals surface area contributed by atoms with E-state index < -0.39 is 0 Å². The molecular formula is C21H19NO4. The predicted octanol–water partition coefficient (Wildman–Crippen LogP) is 3.82. The van der Waals surface area contributed by atoms with Crippen molar-refractivity contribution in [3.8, 4) is 17.2 Å². The van der Waals surface area contributed by atoms with E-state index in [1.807, 2.05) is 25.1 Å². The molecule has 1 N–H and O–H groups in total. The molecule has 5 nitrogen and oxygen atoms in total. The molecule has 0 bridgehead atoms. The molecule has 0 aliphatic carbocycles. The van der Waals surface area contributed by atoms with E-state index in [9.17, 15) is 4.79 Å². The summed E-state index contributed by atoms with van der Waals surface area (Å²) in [5, 5.41) is 5.30. The summed E-state index contributed by atoms with van der Waals surface area (Å²) in [7, 11) is 0. The molecule has 0 spiro atoms. The predicted molar refractivity (Wildman–Crippen MR) is 98.6 cm³/mol. The smallest absolute Gasteiger partial charge is 0.258 e. The molecule has 1 aliphatic rings. The van der Waals surface area contributed by atoms with Gasteiger partial charge in [0.25, 0.3) is 5.91 Å². The Morgan fingerprint density at radius 2 is 1.85 bits per heavy atom. The number of carbonyl (C=O) groups is 1. The van der Waals surface area contributed by atoms with Crippen LogP contribution in [-0.2, 0) is 4.79 Å². The summed E-state index contributed by atoms with van der Waals surface area (Å²) in [5.74, 6) is 1.71. The number of amides is 1. The topological polar surface area (TPSA) is 56.8 Å². The monoisotopic (exact) mass is 349 g/mol. The molecule has 5 heteroatoms. The summed E-state index contributed by atoms with van der Waals surface area (Å²) >= 11 is 0. The van der Waals surface area contributed by atoms with Crippen LogP contribution >= 0.6 is 0 Å². The van der Waals surface area contributed by atoms with Crippen molar-refractivity contribution in [3.63, 3.8) is 0 Å². The van der Waals surface area contributed by atoms with Gasteiger partial charge in [0.15, 0.2) is 18.1 Å². The van der Waals surface area contributed by atoms with Crippen LogP contribution in [0.15, 0.2) is 60.7 Å². The number of hydrogen-bond donors (Lipinski definition) is 1. The summed E-state index contributed by atoms with van der Waals surface area (Å²) in [4.78, 5) is 12.2. The van der Waals surface area contributed by atoms with E-state index in [2.05, 4.69) is 29.6 Å². The lowest BCUT2D eigenvalue weighted by molar-refractivity contribution is -0.123. The minimum atomic E-state index is -0.177. The maximum atomic E-state index is 12.2. The van der Waals surface area contributed by atoms with Gasteiger partial charge in [0.1, 0.15) is 5.75 Å². The fourth-order valence-corrected chi connectivity index (χ4v) is 2.96. The summed E-state index contributed by atoms with van der Waals surface area (Å²) in [6.07, 6.45) is 0. The number of carbonyl (C=O) groups excluding carboxylic acids is 1. The Labute approximate surface area is 151 Å². The third-order valence-corrected chi connectivity index (χ3v) is 4.36. The normalized spacial score (nSPS) is 13.4. The lowest BCUT2D eigenvalue weighted by Gasteiger charge is -2.15. The van der Waals surface area contributed by atoms with Crippen LogP contribution in [0, 0.1) is 0 Å². The molecule has 1 heterocycles. The standard InChI is InChI=1S/C21H19NO4/c1-14(16-7-6-15-4-2-3-5-17(15)10-16)22-21(23)12-24-18-8-9-19-20(11-18)26-13-25-19/h2-11,14H,12-13H2,1H3,(H,22,23)/t14-/m1/s1. The van der Waals surface area contributed by atoms with Crippen molar-refractivity contribution < 1.29 is 19.0 Å². The van der Waals surface area contributed by atoms with Gasteiger partial charge in [-0.25, -0.2) is 0 Å². The molecule has 132 valence electrons. The summed E-state index contributed by atoms with van der Waals surface area (Å²) in [6.45, 7) is 2.11. The Kier molecular flexibility index (Phi) is 4.35. The lowest BCUT2D eigenvalue weighted by atomic mass is 10.0. The molecule has 0 saturated heterocycles. The van der Waals surface area contributed by atoms with Gasteiger partial charge in [-0.3, -0.25) is 4.79 Å². The van der Waals surface area contributed by atoms with E-state index >= 15 is 0 Å². The van der Waals surface area contributed by atoms with Gasteiger partial charge < -0.3 is 19.5 Å². The lowest BCUT2D eigenvalue weighted by Crippen LogP contribution is -2.31. The van der Waals surface area contributed by atoms with Gasteiger partial charge >= 0.3 is 0 Å². The van der Waals surface area contributed by atoms with E-state index in [1.165, 1.54) is 5.39 Å². The van der Waals surface area contributed by atoms with E-state index in [0.717, 1.165) is 10.9 Å². The first-order chi connectivity index (χ1) is 12.7. The number of hydrogen-bond acceptors (Lipinski definition) is 4. The van der Waals surface area contributed by atoms with Crippen LogP contribution in [0.5, 0.6) is 17.2 Å². The Hall–Kier alpha value is -3.21. The summed E-state index contributed by atoms with van der Waals surface area (Å²) in [5.41, 5.74) is 1.06. The third-order valence-electron chi connectivity index (χ3n) is 4.36. The maximum Gasteiger partial charge on any atom is 0.258 e. The molecule has 1 amide bonds. The van der Waals surface area contributed by atoms with E-state index in [-0.39, 0.29) is 25.3 Å². The molecule has 1 atom stereocenters. The Morgan fingerprint density at radius 3 is 2.73 bits per heavy atom. The fraction of sp³-hybridized carbons (Fsp3) is 0.190. The zero-order valence-corrected chi connectivity index (χ0v) is 14.4. The van der Waals surface area contributed by atoms with Gasteiger partial charge in [-0.05, 0) is 41.5 Å². The maximum absolute atomic E-state index is 12.2. The summed E-state index contributed by atoms with van der Waals surface area (Å²) < 4.78 is 16.1. The van der Waals surface area contributed by atoms with E-state index in [4.69, 9.17) is 14.2 Å². The highest BCUT2D eigenvalue weighted by atomic mass is 16.7. The number of benzene rings is 3. The minimum Gasteiger partial charge on any atom is -0.484 e. The zero-order valence-electron chi connectivity index (χ0n) is 14.4. The van der Waals surface area contributed by atoms with Crippen LogP contribution < -0.4 is 19.5 Å². The van der Waals surface area contributed by atoms with Crippen molar-refractivity contribution in [3.05, 3.63) is 66.2 Å². The molecule has 3 aromatic rings. The Morgan fingerprint density at radius 1 is 1.04 bits per heavy atom. The second-order valence-corrected chi connectivity index (χ2v) is 6.20.